The van der Waals surface area contributed by atoms with Crippen molar-refractivity contribution in [2.75, 3.05) is 0 Å². The third kappa shape index (κ3) is 5.36. The van der Waals surface area contributed by atoms with Gasteiger partial charge in [-0.3, -0.25) is 4.79 Å². The number of aliphatic carboxylic acids is 1. The van der Waals surface area contributed by atoms with Crippen LogP contribution >= 0.6 is 0 Å². The summed E-state index contributed by atoms with van der Waals surface area (Å²) >= 11 is 0. The molecular formula is C3H5FO3. The van der Waals surface area contributed by atoms with Crippen LogP contribution in [0.4, 0.5) is 4.39 Å². The molecule has 0 aromatic rings. The van der Waals surface area contributed by atoms with Crippen molar-refractivity contribution in [2.45, 2.75) is 12.8 Å². The summed E-state index contributed by atoms with van der Waals surface area (Å²) in [5.41, 5.74) is 0. The molecule has 1 unspecified atom stereocenters. The third-order valence-corrected chi connectivity index (χ3v) is 0.343. The van der Waals surface area contributed by atoms with E-state index in [0.717, 1.165) is 0 Å². The minimum atomic E-state index is -2.22. The van der Waals surface area contributed by atoms with Crippen LogP contribution < -0.4 is 0 Å². The first-order valence-electron chi connectivity index (χ1n) is 1.67. The Hall–Kier alpha value is -0.640. The molecule has 0 rings (SSSR count). The maximum absolute atomic E-state index is 11.1. The largest absolute Gasteiger partial charge is 0.481 e. The Balaban J connectivity index is 3.13. The lowest BCUT2D eigenvalue weighted by molar-refractivity contribution is -0.141. The molecule has 0 aromatic heterocycles. The Bertz CT molecular complexity index is 70.6. The van der Waals surface area contributed by atoms with Gasteiger partial charge in [-0.15, -0.1) is 0 Å². The molecule has 0 aliphatic rings. The number of carboxylic acids is 1. The first-order chi connectivity index (χ1) is 3.13. The Labute approximate surface area is 39.4 Å². The Morgan fingerprint density at radius 1 is 1.86 bits per heavy atom. The van der Waals surface area contributed by atoms with Crippen molar-refractivity contribution in [3.63, 3.8) is 0 Å². The van der Waals surface area contributed by atoms with E-state index < -0.39 is 18.7 Å². The van der Waals surface area contributed by atoms with Gasteiger partial charge in [0.15, 0.2) is 0 Å². The normalized spacial score (nSPS) is 13.4. The molecule has 1 atom stereocenters. The van der Waals surface area contributed by atoms with Gasteiger partial charge < -0.3 is 10.2 Å². The summed E-state index contributed by atoms with van der Waals surface area (Å²) < 4.78 is 11.1. The zero-order valence-corrected chi connectivity index (χ0v) is 3.47. The van der Waals surface area contributed by atoms with Gasteiger partial charge in [-0.05, 0) is 0 Å². The highest BCUT2D eigenvalue weighted by Gasteiger charge is 2.04. The Morgan fingerprint density at radius 3 is 2.29 bits per heavy atom. The predicted molar refractivity (Wildman–Crippen MR) is 19.4 cm³/mol. The van der Waals surface area contributed by atoms with E-state index in [4.69, 9.17) is 10.2 Å². The van der Waals surface area contributed by atoms with Crippen molar-refractivity contribution in [3.05, 3.63) is 0 Å². The first-order valence-corrected chi connectivity index (χ1v) is 1.67. The predicted octanol–water partition coefficient (Wildman–Crippen LogP) is -0.251. The number of rotatable bonds is 2. The molecule has 0 saturated heterocycles. The highest BCUT2D eigenvalue weighted by atomic mass is 19.1. The molecule has 0 saturated carbocycles. The van der Waals surface area contributed by atoms with E-state index in [9.17, 15) is 9.18 Å². The van der Waals surface area contributed by atoms with Gasteiger partial charge in [-0.2, -0.15) is 0 Å². The summed E-state index contributed by atoms with van der Waals surface area (Å²) in [7, 11) is 0. The highest BCUT2D eigenvalue weighted by Crippen LogP contribution is 1.89. The van der Waals surface area contributed by atoms with Crippen LogP contribution in [0.3, 0.4) is 0 Å². The van der Waals surface area contributed by atoms with Crippen LogP contribution in [0.25, 0.3) is 0 Å². The van der Waals surface area contributed by atoms with Crippen LogP contribution in [0.15, 0.2) is 0 Å². The van der Waals surface area contributed by atoms with Gasteiger partial charge in [0.05, 0.1) is 0 Å². The van der Waals surface area contributed by atoms with E-state index in [-0.39, 0.29) is 0 Å². The minimum Gasteiger partial charge on any atom is -0.481 e. The smallest absolute Gasteiger partial charge is 0.308 e. The van der Waals surface area contributed by atoms with Gasteiger partial charge in [-0.25, -0.2) is 4.39 Å². The molecule has 7 heavy (non-hydrogen) atoms. The standard InChI is InChI=1S/C3H5FO3/c4-2(5)1-3(6)7/h2,5H,1H2,(H,6,7). The van der Waals surface area contributed by atoms with Gasteiger partial charge in [0, 0.05) is 0 Å². The Morgan fingerprint density at radius 2 is 2.29 bits per heavy atom. The molecule has 0 heterocycles. The molecular weight excluding hydrogens is 103 g/mol. The monoisotopic (exact) mass is 108 g/mol. The molecule has 2 N–H and O–H groups in total. The lowest BCUT2D eigenvalue weighted by Crippen LogP contribution is -2.05. The summed E-state index contributed by atoms with van der Waals surface area (Å²) in [5, 5.41) is 15.4. The molecule has 0 amide bonds. The quantitative estimate of drug-likeness (QED) is 0.512. The number of carboxylic acid groups (broad SMARTS) is 1. The maximum Gasteiger partial charge on any atom is 0.308 e. The van der Waals surface area contributed by atoms with E-state index >= 15 is 0 Å². The van der Waals surface area contributed by atoms with Crippen LogP contribution in [-0.2, 0) is 4.79 Å². The molecule has 0 spiro atoms. The van der Waals surface area contributed by atoms with Crippen molar-refractivity contribution < 1.29 is 19.4 Å². The second kappa shape index (κ2) is 2.52. The number of hydrogen-bond donors (Lipinski definition) is 2. The molecule has 0 aliphatic carbocycles. The molecule has 0 bridgehead atoms. The van der Waals surface area contributed by atoms with E-state index in [2.05, 4.69) is 0 Å². The lowest BCUT2D eigenvalue weighted by atomic mass is 10.4. The fourth-order valence-electron chi connectivity index (χ4n) is 0.144. The van der Waals surface area contributed by atoms with E-state index in [1.54, 1.807) is 0 Å². The van der Waals surface area contributed by atoms with Crippen molar-refractivity contribution >= 4 is 5.97 Å². The topological polar surface area (TPSA) is 57.5 Å². The van der Waals surface area contributed by atoms with Crippen molar-refractivity contribution in [1.29, 1.82) is 0 Å². The zero-order chi connectivity index (χ0) is 5.86. The zero-order valence-electron chi connectivity index (χ0n) is 3.47. The van der Waals surface area contributed by atoms with Crippen molar-refractivity contribution in [3.8, 4) is 0 Å². The Kier molecular flexibility index (Phi) is 2.29. The van der Waals surface area contributed by atoms with Crippen LogP contribution in [-0.4, -0.2) is 22.5 Å². The number of alkyl halides is 1. The number of aliphatic hydroxyl groups excluding tert-OH is 1. The summed E-state index contributed by atoms with van der Waals surface area (Å²) in [6.07, 6.45) is -3.06. The van der Waals surface area contributed by atoms with E-state index in [1.165, 1.54) is 0 Å². The fourth-order valence-corrected chi connectivity index (χ4v) is 0.144. The van der Waals surface area contributed by atoms with E-state index in [0.29, 0.717) is 0 Å². The summed E-state index contributed by atoms with van der Waals surface area (Å²) in [5.74, 6) is -1.34. The number of carbonyl (C=O) groups is 1. The van der Waals surface area contributed by atoms with Gasteiger partial charge in [0.2, 0.25) is 6.36 Å². The molecule has 0 aromatic carbocycles. The van der Waals surface area contributed by atoms with E-state index in [1.807, 2.05) is 0 Å². The second-order valence-electron chi connectivity index (χ2n) is 1.03. The molecule has 0 aliphatic heterocycles. The van der Waals surface area contributed by atoms with Gasteiger partial charge in [-0.1, -0.05) is 0 Å². The summed E-state index contributed by atoms with van der Waals surface area (Å²) in [6, 6.07) is 0. The highest BCUT2D eigenvalue weighted by molar-refractivity contribution is 5.66. The number of aliphatic hydroxyl groups is 1. The SMILES string of the molecule is O=C(O)CC(O)F. The average molecular weight is 108 g/mol. The van der Waals surface area contributed by atoms with Crippen LogP contribution in [0, 0.1) is 0 Å². The summed E-state index contributed by atoms with van der Waals surface area (Å²) in [4.78, 5) is 9.41. The number of hydrogen-bond acceptors (Lipinski definition) is 2. The van der Waals surface area contributed by atoms with Crippen molar-refractivity contribution in [1.82, 2.24) is 0 Å². The summed E-state index contributed by atoms with van der Waals surface area (Å²) in [6.45, 7) is 0. The fraction of sp³-hybridized carbons (Fsp3) is 0.667. The maximum atomic E-state index is 11.1. The average Bonchev–Trinajstić information content (AvgIpc) is 1.27. The van der Waals surface area contributed by atoms with Crippen LogP contribution in [0.1, 0.15) is 6.42 Å². The lowest BCUT2D eigenvalue weighted by Gasteiger charge is -1.90. The number of halogens is 1. The third-order valence-electron chi connectivity index (χ3n) is 0.343. The minimum absolute atomic E-state index is 0.833. The second-order valence-corrected chi connectivity index (χ2v) is 1.03. The van der Waals surface area contributed by atoms with Crippen LogP contribution in [0.5, 0.6) is 0 Å². The van der Waals surface area contributed by atoms with Crippen LogP contribution in [0.2, 0.25) is 0 Å². The van der Waals surface area contributed by atoms with Crippen molar-refractivity contribution in [2.24, 2.45) is 0 Å². The molecule has 0 fully saturated rings. The van der Waals surface area contributed by atoms with Gasteiger partial charge >= 0.3 is 5.97 Å². The molecule has 0 radical (unpaired) electrons. The molecule has 3 nitrogen and oxygen atoms in total. The first kappa shape index (κ1) is 6.36. The molecule has 4 heteroatoms. The molecule has 42 valence electrons. The van der Waals surface area contributed by atoms with Gasteiger partial charge in [0.1, 0.15) is 6.42 Å². The van der Waals surface area contributed by atoms with Gasteiger partial charge in [0.25, 0.3) is 0 Å².